The van der Waals surface area contributed by atoms with Gasteiger partial charge in [0.1, 0.15) is 17.2 Å². The number of aliphatic hydroxyl groups is 1. The number of methoxy groups -OCH3 is 1. The molecule has 2 rings (SSSR count). The number of carbonyl (C=O) groups is 1. The Morgan fingerprint density at radius 1 is 1.48 bits per heavy atom. The molecule has 0 atom stereocenters. The van der Waals surface area contributed by atoms with Gasteiger partial charge in [-0.05, 0) is 29.6 Å². The average Bonchev–Trinajstić information content (AvgIpc) is 2.96. The summed E-state index contributed by atoms with van der Waals surface area (Å²) in [4.78, 5) is 12.7. The highest BCUT2D eigenvalue weighted by Gasteiger charge is 2.15. The third-order valence-electron chi connectivity index (χ3n) is 2.59. The fraction of sp³-hybridized carbons (Fsp3) is 0.133. The van der Waals surface area contributed by atoms with Gasteiger partial charge in [0.05, 0.1) is 12.8 Å². The SMILES string of the molecule is COc1ccsc1C(=O)Nc1ccc(Cl)cc1C#CCO. The largest absolute Gasteiger partial charge is 0.495 e. The fourth-order valence-corrected chi connectivity index (χ4v) is 2.59. The van der Waals surface area contributed by atoms with Crippen molar-refractivity contribution in [3.8, 4) is 17.6 Å². The van der Waals surface area contributed by atoms with Crippen LogP contribution >= 0.6 is 22.9 Å². The van der Waals surface area contributed by atoms with Crippen LogP contribution in [0.15, 0.2) is 29.6 Å². The van der Waals surface area contributed by atoms with Gasteiger partial charge in [-0.15, -0.1) is 11.3 Å². The summed E-state index contributed by atoms with van der Waals surface area (Å²) in [5.41, 5.74) is 1.07. The number of aliphatic hydroxyl groups excluding tert-OH is 1. The first-order chi connectivity index (χ1) is 10.2. The minimum atomic E-state index is -0.281. The first-order valence-electron chi connectivity index (χ1n) is 5.98. The lowest BCUT2D eigenvalue weighted by Gasteiger charge is -2.08. The molecule has 1 aromatic carbocycles. The molecular formula is C15H12ClNO3S. The number of hydrogen-bond acceptors (Lipinski definition) is 4. The fourth-order valence-electron chi connectivity index (χ4n) is 1.67. The Kier molecular flexibility index (Phi) is 5.23. The van der Waals surface area contributed by atoms with Crippen LogP contribution in [0.4, 0.5) is 5.69 Å². The molecule has 0 aliphatic rings. The van der Waals surface area contributed by atoms with Crippen molar-refractivity contribution in [2.75, 3.05) is 19.0 Å². The van der Waals surface area contributed by atoms with Gasteiger partial charge in [0, 0.05) is 10.6 Å². The lowest BCUT2D eigenvalue weighted by molar-refractivity contribution is 0.102. The van der Waals surface area contributed by atoms with Gasteiger partial charge in [-0.2, -0.15) is 0 Å². The van der Waals surface area contributed by atoms with Crippen molar-refractivity contribution in [1.29, 1.82) is 0 Å². The normalized spacial score (nSPS) is 9.67. The Morgan fingerprint density at radius 3 is 3.00 bits per heavy atom. The van der Waals surface area contributed by atoms with Gasteiger partial charge in [0.2, 0.25) is 0 Å². The van der Waals surface area contributed by atoms with Gasteiger partial charge < -0.3 is 15.2 Å². The predicted molar refractivity (Wildman–Crippen MR) is 84.2 cm³/mol. The van der Waals surface area contributed by atoms with Crippen LogP contribution in [0.25, 0.3) is 0 Å². The molecule has 108 valence electrons. The Balaban J connectivity index is 2.29. The summed E-state index contributed by atoms with van der Waals surface area (Å²) in [5.74, 6) is 5.53. The smallest absolute Gasteiger partial charge is 0.269 e. The number of amides is 1. The monoisotopic (exact) mass is 321 g/mol. The molecule has 0 fully saturated rings. The Morgan fingerprint density at radius 2 is 2.29 bits per heavy atom. The van der Waals surface area contributed by atoms with E-state index in [4.69, 9.17) is 21.4 Å². The molecule has 0 unspecified atom stereocenters. The van der Waals surface area contributed by atoms with Crippen LogP contribution in [0.5, 0.6) is 5.75 Å². The molecule has 0 bridgehead atoms. The molecule has 6 heteroatoms. The molecule has 1 aromatic heterocycles. The van der Waals surface area contributed by atoms with Crippen molar-refractivity contribution in [3.63, 3.8) is 0 Å². The number of carbonyl (C=O) groups excluding carboxylic acids is 1. The predicted octanol–water partition coefficient (Wildman–Crippen LogP) is 3.01. The topological polar surface area (TPSA) is 58.6 Å². The molecule has 21 heavy (non-hydrogen) atoms. The molecule has 0 spiro atoms. The first kappa shape index (κ1) is 15.4. The van der Waals surface area contributed by atoms with Gasteiger partial charge in [0.25, 0.3) is 5.91 Å². The van der Waals surface area contributed by atoms with Gasteiger partial charge in [-0.1, -0.05) is 23.4 Å². The van der Waals surface area contributed by atoms with E-state index >= 15 is 0 Å². The molecule has 2 aromatic rings. The van der Waals surface area contributed by atoms with Gasteiger partial charge in [-0.25, -0.2) is 0 Å². The van der Waals surface area contributed by atoms with E-state index in [-0.39, 0.29) is 12.5 Å². The summed E-state index contributed by atoms with van der Waals surface area (Å²) in [5, 5.41) is 13.8. The maximum atomic E-state index is 12.3. The van der Waals surface area contributed by atoms with Gasteiger partial charge >= 0.3 is 0 Å². The Labute approximate surface area is 131 Å². The summed E-state index contributed by atoms with van der Waals surface area (Å²) in [6.45, 7) is -0.265. The quantitative estimate of drug-likeness (QED) is 0.854. The second-order valence-corrected chi connectivity index (χ2v) is 5.27. The summed E-state index contributed by atoms with van der Waals surface area (Å²) in [6, 6.07) is 6.69. The van der Waals surface area contributed by atoms with Crippen molar-refractivity contribution in [2.45, 2.75) is 0 Å². The number of thiophene rings is 1. The molecule has 0 aliphatic heterocycles. The van der Waals surface area contributed by atoms with E-state index in [0.717, 1.165) is 0 Å². The van der Waals surface area contributed by atoms with Crippen molar-refractivity contribution < 1.29 is 14.6 Å². The zero-order chi connectivity index (χ0) is 15.2. The molecule has 4 nitrogen and oxygen atoms in total. The number of anilines is 1. The number of halogens is 1. The third-order valence-corrected chi connectivity index (χ3v) is 3.72. The molecule has 0 saturated heterocycles. The van der Waals surface area contributed by atoms with Crippen LogP contribution in [-0.2, 0) is 0 Å². The number of benzene rings is 1. The van der Waals surface area contributed by atoms with E-state index in [1.165, 1.54) is 18.4 Å². The van der Waals surface area contributed by atoms with E-state index in [9.17, 15) is 4.79 Å². The van der Waals surface area contributed by atoms with Crippen LogP contribution in [0.1, 0.15) is 15.2 Å². The first-order valence-corrected chi connectivity index (χ1v) is 7.23. The minimum Gasteiger partial charge on any atom is -0.495 e. The number of rotatable bonds is 3. The van der Waals surface area contributed by atoms with Crippen LogP contribution in [-0.4, -0.2) is 24.7 Å². The highest BCUT2D eigenvalue weighted by molar-refractivity contribution is 7.12. The van der Waals surface area contributed by atoms with Crippen molar-refractivity contribution in [2.24, 2.45) is 0 Å². The minimum absolute atomic E-state index is 0.265. The van der Waals surface area contributed by atoms with Crippen LogP contribution in [0.3, 0.4) is 0 Å². The molecule has 0 radical (unpaired) electrons. The van der Waals surface area contributed by atoms with Crippen LogP contribution in [0, 0.1) is 11.8 Å². The molecule has 1 heterocycles. The average molecular weight is 322 g/mol. The summed E-state index contributed by atoms with van der Waals surface area (Å²) < 4.78 is 5.13. The molecule has 0 saturated carbocycles. The number of ether oxygens (including phenoxy) is 1. The van der Waals surface area contributed by atoms with Crippen LogP contribution in [0.2, 0.25) is 5.02 Å². The van der Waals surface area contributed by atoms with E-state index in [1.807, 2.05) is 0 Å². The zero-order valence-corrected chi connectivity index (χ0v) is 12.7. The zero-order valence-electron chi connectivity index (χ0n) is 11.1. The van der Waals surface area contributed by atoms with E-state index in [1.54, 1.807) is 29.6 Å². The Bertz CT molecular complexity index is 715. The van der Waals surface area contributed by atoms with Crippen molar-refractivity contribution in [3.05, 3.63) is 45.1 Å². The molecule has 2 N–H and O–H groups in total. The van der Waals surface area contributed by atoms with E-state index in [0.29, 0.717) is 26.9 Å². The van der Waals surface area contributed by atoms with Gasteiger partial charge in [0.15, 0.2) is 0 Å². The summed E-state index contributed by atoms with van der Waals surface area (Å²) in [7, 11) is 1.51. The van der Waals surface area contributed by atoms with E-state index in [2.05, 4.69) is 17.2 Å². The Hall–Kier alpha value is -2.00. The standard InChI is InChI=1S/C15H12ClNO3S/c1-20-13-6-8-21-14(13)15(19)17-12-5-4-11(16)9-10(12)3-2-7-18/h4-6,8-9,18H,7H2,1H3,(H,17,19). The van der Waals surface area contributed by atoms with Crippen LogP contribution < -0.4 is 10.1 Å². The molecule has 1 amide bonds. The maximum Gasteiger partial charge on any atom is 0.269 e. The number of hydrogen-bond donors (Lipinski definition) is 2. The maximum absolute atomic E-state index is 12.3. The van der Waals surface area contributed by atoms with Crippen molar-refractivity contribution in [1.82, 2.24) is 0 Å². The second kappa shape index (κ2) is 7.14. The highest BCUT2D eigenvalue weighted by atomic mass is 35.5. The number of nitrogens with one attached hydrogen (secondary N) is 1. The second-order valence-electron chi connectivity index (χ2n) is 3.92. The molecule has 0 aliphatic carbocycles. The van der Waals surface area contributed by atoms with E-state index < -0.39 is 0 Å². The van der Waals surface area contributed by atoms with Gasteiger partial charge in [-0.3, -0.25) is 4.79 Å². The van der Waals surface area contributed by atoms with Crippen molar-refractivity contribution >= 4 is 34.5 Å². The third kappa shape index (κ3) is 3.76. The summed E-state index contributed by atoms with van der Waals surface area (Å²) >= 11 is 7.21. The lowest BCUT2D eigenvalue weighted by Crippen LogP contribution is -2.12. The lowest BCUT2D eigenvalue weighted by atomic mass is 10.1. The molecular weight excluding hydrogens is 310 g/mol. The highest BCUT2D eigenvalue weighted by Crippen LogP contribution is 2.27. The summed E-state index contributed by atoms with van der Waals surface area (Å²) in [6.07, 6.45) is 0.